The lowest BCUT2D eigenvalue weighted by Crippen LogP contribution is -2.27. The fraction of sp³-hybridized carbons (Fsp3) is 0.143. The lowest BCUT2D eigenvalue weighted by Gasteiger charge is -2.18. The zero-order valence-corrected chi connectivity index (χ0v) is 13.7. The second-order valence-electron chi connectivity index (χ2n) is 4.22. The molecule has 0 bridgehead atoms. The quantitative estimate of drug-likeness (QED) is 0.746. The monoisotopic (exact) mass is 372 g/mol. The number of carbonyl (C=O) groups is 1. The van der Waals surface area contributed by atoms with Crippen LogP contribution in [0.15, 0.2) is 41.0 Å². The van der Waals surface area contributed by atoms with E-state index in [2.05, 4.69) is 20.9 Å². The van der Waals surface area contributed by atoms with Gasteiger partial charge < -0.3 is 4.90 Å². The van der Waals surface area contributed by atoms with Gasteiger partial charge in [0, 0.05) is 13.6 Å². The molecular weight excluding hydrogens is 363 g/mol. The third-order valence-electron chi connectivity index (χ3n) is 2.72. The minimum absolute atomic E-state index is 0.178. The van der Waals surface area contributed by atoms with Crippen molar-refractivity contribution in [2.75, 3.05) is 7.05 Å². The Hall–Kier alpha value is -1.10. The molecule has 1 amide bonds. The van der Waals surface area contributed by atoms with Crippen LogP contribution < -0.4 is 0 Å². The fourth-order valence-electron chi connectivity index (χ4n) is 1.72. The summed E-state index contributed by atoms with van der Waals surface area (Å²) < 4.78 is 0.623. The standard InChI is InChI=1S/C14H11BrCl2N2O/c1-19(8-9-4-2-5-10(16)13(9)17)14(20)11-6-3-7-12(15)18-11/h2-7H,8H2,1H3. The Morgan fingerprint density at radius 1 is 1.25 bits per heavy atom. The molecule has 0 aliphatic rings. The molecule has 104 valence electrons. The van der Waals surface area contributed by atoms with E-state index in [9.17, 15) is 4.79 Å². The molecular formula is C14H11BrCl2N2O. The van der Waals surface area contributed by atoms with E-state index in [1.165, 1.54) is 0 Å². The first kappa shape index (κ1) is 15.3. The highest BCUT2D eigenvalue weighted by Crippen LogP contribution is 2.26. The summed E-state index contributed by atoms with van der Waals surface area (Å²) >= 11 is 15.3. The van der Waals surface area contributed by atoms with Crippen molar-refractivity contribution >= 4 is 45.0 Å². The van der Waals surface area contributed by atoms with Gasteiger partial charge in [0.2, 0.25) is 0 Å². The van der Waals surface area contributed by atoms with E-state index in [0.717, 1.165) is 5.56 Å². The van der Waals surface area contributed by atoms with Crippen molar-refractivity contribution in [2.24, 2.45) is 0 Å². The predicted molar refractivity (Wildman–Crippen MR) is 84.2 cm³/mol. The molecule has 1 aromatic carbocycles. The molecule has 1 aromatic heterocycles. The Morgan fingerprint density at radius 3 is 2.65 bits per heavy atom. The summed E-state index contributed by atoms with van der Waals surface area (Å²) in [5.74, 6) is -0.178. The predicted octanol–water partition coefficient (Wildman–Crippen LogP) is 4.42. The first-order valence-corrected chi connectivity index (χ1v) is 7.35. The maximum atomic E-state index is 12.3. The van der Waals surface area contributed by atoms with Crippen molar-refractivity contribution in [3.63, 3.8) is 0 Å². The summed E-state index contributed by atoms with van der Waals surface area (Å²) in [5.41, 5.74) is 1.17. The molecule has 0 N–H and O–H groups in total. The summed E-state index contributed by atoms with van der Waals surface area (Å²) in [4.78, 5) is 18.0. The van der Waals surface area contributed by atoms with Crippen molar-refractivity contribution in [3.8, 4) is 0 Å². The maximum Gasteiger partial charge on any atom is 0.272 e. The van der Waals surface area contributed by atoms with E-state index in [4.69, 9.17) is 23.2 Å². The highest BCUT2D eigenvalue weighted by molar-refractivity contribution is 9.10. The van der Waals surface area contributed by atoms with Crippen LogP contribution in [0.3, 0.4) is 0 Å². The Labute approximate surface area is 135 Å². The second-order valence-corrected chi connectivity index (χ2v) is 5.82. The molecule has 0 unspecified atom stereocenters. The van der Waals surface area contributed by atoms with Gasteiger partial charge in [-0.2, -0.15) is 0 Å². The van der Waals surface area contributed by atoms with E-state index >= 15 is 0 Å². The minimum Gasteiger partial charge on any atom is -0.336 e. The number of amides is 1. The van der Waals surface area contributed by atoms with Crippen LogP contribution >= 0.6 is 39.1 Å². The Bertz CT molecular complexity index is 649. The highest BCUT2D eigenvalue weighted by atomic mass is 79.9. The highest BCUT2D eigenvalue weighted by Gasteiger charge is 2.15. The third-order valence-corrected chi connectivity index (χ3v) is 4.02. The molecule has 3 nitrogen and oxygen atoms in total. The van der Waals surface area contributed by atoms with Crippen molar-refractivity contribution in [2.45, 2.75) is 6.54 Å². The molecule has 1 heterocycles. The van der Waals surface area contributed by atoms with Crippen LogP contribution in [0, 0.1) is 0 Å². The lowest BCUT2D eigenvalue weighted by molar-refractivity contribution is 0.0779. The first-order valence-electron chi connectivity index (χ1n) is 5.80. The zero-order chi connectivity index (χ0) is 14.7. The van der Waals surface area contributed by atoms with Crippen LogP contribution in [0.2, 0.25) is 10.0 Å². The van der Waals surface area contributed by atoms with Crippen molar-refractivity contribution in [3.05, 3.63) is 62.3 Å². The largest absolute Gasteiger partial charge is 0.336 e. The van der Waals surface area contributed by atoms with E-state index in [-0.39, 0.29) is 5.91 Å². The van der Waals surface area contributed by atoms with Crippen LogP contribution in [0.5, 0.6) is 0 Å². The third kappa shape index (κ3) is 3.51. The Balaban J connectivity index is 2.18. The number of pyridine rings is 1. The van der Waals surface area contributed by atoms with Crippen LogP contribution in [0.25, 0.3) is 0 Å². The normalized spacial score (nSPS) is 10.4. The van der Waals surface area contributed by atoms with Gasteiger partial charge in [0.25, 0.3) is 5.91 Å². The van der Waals surface area contributed by atoms with Crippen LogP contribution in [-0.2, 0) is 6.54 Å². The van der Waals surface area contributed by atoms with Crippen LogP contribution in [0.4, 0.5) is 0 Å². The number of aromatic nitrogens is 1. The van der Waals surface area contributed by atoms with Gasteiger partial charge in [0.05, 0.1) is 10.0 Å². The molecule has 0 atom stereocenters. The van der Waals surface area contributed by atoms with Crippen LogP contribution in [-0.4, -0.2) is 22.8 Å². The van der Waals surface area contributed by atoms with Crippen molar-refractivity contribution in [1.29, 1.82) is 0 Å². The smallest absolute Gasteiger partial charge is 0.272 e. The average Bonchev–Trinajstić information content (AvgIpc) is 2.43. The van der Waals surface area contributed by atoms with Gasteiger partial charge in [-0.15, -0.1) is 0 Å². The van der Waals surface area contributed by atoms with Crippen molar-refractivity contribution < 1.29 is 4.79 Å². The number of carbonyl (C=O) groups excluding carboxylic acids is 1. The molecule has 0 radical (unpaired) electrons. The summed E-state index contributed by atoms with van der Waals surface area (Å²) in [6.07, 6.45) is 0. The van der Waals surface area contributed by atoms with E-state index in [0.29, 0.717) is 26.9 Å². The maximum absolute atomic E-state index is 12.3. The van der Waals surface area contributed by atoms with Gasteiger partial charge in [0.15, 0.2) is 0 Å². The molecule has 2 rings (SSSR count). The van der Waals surface area contributed by atoms with Gasteiger partial charge in [-0.3, -0.25) is 4.79 Å². The molecule has 0 aliphatic heterocycles. The summed E-state index contributed by atoms with van der Waals surface area (Å²) in [5, 5.41) is 0.946. The minimum atomic E-state index is -0.178. The van der Waals surface area contributed by atoms with Gasteiger partial charge in [-0.25, -0.2) is 4.98 Å². The Morgan fingerprint density at radius 2 is 1.95 bits per heavy atom. The van der Waals surface area contributed by atoms with Gasteiger partial charge in [0.1, 0.15) is 10.3 Å². The summed E-state index contributed by atoms with van der Waals surface area (Å²) in [6, 6.07) is 10.6. The number of hydrogen-bond acceptors (Lipinski definition) is 2. The fourth-order valence-corrected chi connectivity index (χ4v) is 2.44. The molecule has 2 aromatic rings. The lowest BCUT2D eigenvalue weighted by atomic mass is 10.2. The van der Waals surface area contributed by atoms with Gasteiger partial charge in [-0.1, -0.05) is 41.4 Å². The number of benzene rings is 1. The van der Waals surface area contributed by atoms with E-state index < -0.39 is 0 Å². The number of halogens is 3. The number of nitrogens with zero attached hydrogens (tertiary/aromatic N) is 2. The number of hydrogen-bond donors (Lipinski definition) is 0. The zero-order valence-electron chi connectivity index (χ0n) is 10.6. The molecule has 0 saturated carbocycles. The van der Waals surface area contributed by atoms with E-state index in [1.807, 2.05) is 6.07 Å². The molecule has 0 spiro atoms. The Kier molecular flexibility index (Phi) is 5.02. The summed E-state index contributed by atoms with van der Waals surface area (Å²) in [6.45, 7) is 0.367. The number of rotatable bonds is 3. The molecule has 0 aliphatic carbocycles. The molecule has 6 heteroatoms. The summed E-state index contributed by atoms with van der Waals surface area (Å²) in [7, 11) is 1.70. The first-order chi connectivity index (χ1) is 9.49. The SMILES string of the molecule is CN(Cc1cccc(Cl)c1Cl)C(=O)c1cccc(Br)n1. The van der Waals surface area contributed by atoms with Crippen LogP contribution in [0.1, 0.15) is 16.1 Å². The van der Waals surface area contributed by atoms with Gasteiger partial charge in [-0.05, 0) is 39.7 Å². The topological polar surface area (TPSA) is 33.2 Å². The van der Waals surface area contributed by atoms with E-state index in [1.54, 1.807) is 42.3 Å². The molecule has 20 heavy (non-hydrogen) atoms. The molecule has 0 fully saturated rings. The second kappa shape index (κ2) is 6.57. The van der Waals surface area contributed by atoms with Gasteiger partial charge >= 0.3 is 0 Å². The average molecular weight is 374 g/mol. The molecule has 0 saturated heterocycles. The van der Waals surface area contributed by atoms with Crippen molar-refractivity contribution in [1.82, 2.24) is 9.88 Å².